The second kappa shape index (κ2) is 5.71. The summed E-state index contributed by atoms with van der Waals surface area (Å²) in [5, 5.41) is 8.66. The summed E-state index contributed by atoms with van der Waals surface area (Å²) in [6, 6.07) is 2.74. The van der Waals surface area contributed by atoms with Gasteiger partial charge in [0.15, 0.2) is 9.84 Å². The van der Waals surface area contributed by atoms with Crippen LogP contribution < -0.4 is 5.73 Å². The van der Waals surface area contributed by atoms with E-state index >= 15 is 0 Å². The highest BCUT2D eigenvalue weighted by molar-refractivity contribution is 7.90. The molecule has 0 aliphatic carbocycles. The first kappa shape index (κ1) is 15.7. The SMILES string of the molecule is Cc1cc(C(N)CCC(=O)O)c(S(C)(=O)=O)cc1C. The van der Waals surface area contributed by atoms with Crippen LogP contribution >= 0.6 is 0 Å². The molecule has 3 N–H and O–H groups in total. The van der Waals surface area contributed by atoms with Gasteiger partial charge in [-0.05, 0) is 43.0 Å². The van der Waals surface area contributed by atoms with Gasteiger partial charge in [0, 0.05) is 18.7 Å². The molecule has 0 aliphatic rings. The molecule has 1 aromatic rings. The van der Waals surface area contributed by atoms with Crippen LogP contribution in [0.1, 0.15) is 35.6 Å². The van der Waals surface area contributed by atoms with E-state index < -0.39 is 21.8 Å². The van der Waals surface area contributed by atoms with Gasteiger partial charge in [0.1, 0.15) is 0 Å². The van der Waals surface area contributed by atoms with Crippen LogP contribution in [0.2, 0.25) is 0 Å². The number of nitrogens with two attached hydrogens (primary N) is 1. The normalized spacial score (nSPS) is 13.3. The molecule has 0 saturated carbocycles. The highest BCUT2D eigenvalue weighted by Gasteiger charge is 2.20. The summed E-state index contributed by atoms with van der Waals surface area (Å²) in [5.74, 6) is -0.944. The van der Waals surface area contributed by atoms with Gasteiger partial charge < -0.3 is 10.8 Å². The summed E-state index contributed by atoms with van der Waals surface area (Å²) < 4.78 is 23.6. The molecule has 0 aliphatic heterocycles. The fraction of sp³-hybridized carbons (Fsp3) is 0.462. The lowest BCUT2D eigenvalue weighted by Gasteiger charge is -2.17. The smallest absolute Gasteiger partial charge is 0.303 e. The van der Waals surface area contributed by atoms with Gasteiger partial charge in [-0.25, -0.2) is 8.42 Å². The molecule has 106 valence electrons. The van der Waals surface area contributed by atoms with Gasteiger partial charge >= 0.3 is 5.97 Å². The van der Waals surface area contributed by atoms with Gasteiger partial charge in [0.05, 0.1) is 4.90 Å². The van der Waals surface area contributed by atoms with Gasteiger partial charge in [0.2, 0.25) is 0 Å². The molecule has 6 heteroatoms. The lowest BCUT2D eigenvalue weighted by atomic mass is 9.98. The summed E-state index contributed by atoms with van der Waals surface area (Å²) in [4.78, 5) is 10.8. The van der Waals surface area contributed by atoms with Crippen molar-refractivity contribution in [3.63, 3.8) is 0 Å². The molecule has 0 saturated heterocycles. The fourth-order valence-corrected chi connectivity index (χ4v) is 2.89. The third-order valence-corrected chi connectivity index (χ3v) is 4.25. The minimum Gasteiger partial charge on any atom is -0.481 e. The van der Waals surface area contributed by atoms with Crippen LogP contribution in [0.4, 0.5) is 0 Å². The molecule has 1 atom stereocenters. The van der Waals surface area contributed by atoms with E-state index in [1.165, 1.54) is 0 Å². The Kier molecular flexibility index (Phi) is 4.70. The van der Waals surface area contributed by atoms with Gasteiger partial charge in [-0.15, -0.1) is 0 Å². The van der Waals surface area contributed by atoms with Gasteiger partial charge in [0.25, 0.3) is 0 Å². The quantitative estimate of drug-likeness (QED) is 0.855. The molecule has 1 aromatic carbocycles. The van der Waals surface area contributed by atoms with E-state index in [1.807, 2.05) is 13.8 Å². The van der Waals surface area contributed by atoms with Crippen LogP contribution in [0.25, 0.3) is 0 Å². The lowest BCUT2D eigenvalue weighted by Crippen LogP contribution is -2.16. The van der Waals surface area contributed by atoms with Crippen molar-refractivity contribution in [3.8, 4) is 0 Å². The van der Waals surface area contributed by atoms with Gasteiger partial charge in [-0.1, -0.05) is 6.07 Å². The number of hydrogen-bond donors (Lipinski definition) is 2. The van der Waals surface area contributed by atoms with Crippen LogP contribution in [-0.2, 0) is 14.6 Å². The average Bonchev–Trinajstić information content (AvgIpc) is 2.27. The zero-order valence-corrected chi connectivity index (χ0v) is 12.1. The summed E-state index contributed by atoms with van der Waals surface area (Å²) in [7, 11) is -3.38. The standard InChI is InChI=1S/C13H19NO4S/c1-8-6-10(11(14)4-5-13(15)16)12(7-9(8)2)19(3,17)18/h6-7,11H,4-5,14H2,1-3H3,(H,15,16). The number of rotatable bonds is 5. The van der Waals surface area contributed by atoms with Crippen molar-refractivity contribution < 1.29 is 18.3 Å². The first-order valence-electron chi connectivity index (χ1n) is 5.91. The van der Waals surface area contributed by atoms with Gasteiger partial charge in [-0.2, -0.15) is 0 Å². The lowest BCUT2D eigenvalue weighted by molar-refractivity contribution is -0.137. The Balaban J connectivity index is 3.25. The molecular formula is C13H19NO4S. The maximum Gasteiger partial charge on any atom is 0.303 e. The Hall–Kier alpha value is -1.40. The topological polar surface area (TPSA) is 97.5 Å². The monoisotopic (exact) mass is 285 g/mol. The summed E-state index contributed by atoms with van der Waals surface area (Å²) >= 11 is 0. The van der Waals surface area contributed by atoms with Crippen molar-refractivity contribution in [1.82, 2.24) is 0 Å². The molecule has 0 amide bonds. The van der Waals surface area contributed by atoms with E-state index in [-0.39, 0.29) is 17.7 Å². The van der Waals surface area contributed by atoms with Crippen molar-refractivity contribution >= 4 is 15.8 Å². The van der Waals surface area contributed by atoms with E-state index in [0.29, 0.717) is 5.56 Å². The summed E-state index contributed by atoms with van der Waals surface area (Å²) in [6.07, 6.45) is 1.25. The van der Waals surface area contributed by atoms with E-state index in [1.54, 1.807) is 12.1 Å². The zero-order chi connectivity index (χ0) is 14.8. The zero-order valence-electron chi connectivity index (χ0n) is 11.3. The van der Waals surface area contributed by atoms with Gasteiger partial charge in [-0.3, -0.25) is 4.79 Å². The number of carbonyl (C=O) groups is 1. The molecule has 0 fully saturated rings. The van der Waals surface area contributed by atoms with Crippen molar-refractivity contribution in [2.24, 2.45) is 5.73 Å². The van der Waals surface area contributed by atoms with Crippen molar-refractivity contribution in [1.29, 1.82) is 0 Å². The molecule has 1 unspecified atom stereocenters. The average molecular weight is 285 g/mol. The number of aliphatic carboxylic acids is 1. The van der Waals surface area contributed by atoms with Crippen LogP contribution in [-0.4, -0.2) is 25.7 Å². The number of carboxylic acid groups (broad SMARTS) is 1. The van der Waals surface area contributed by atoms with Crippen molar-refractivity contribution in [2.75, 3.05) is 6.26 Å². The number of carboxylic acids is 1. The van der Waals surface area contributed by atoms with E-state index in [0.717, 1.165) is 17.4 Å². The third-order valence-electron chi connectivity index (χ3n) is 3.09. The molecule has 0 heterocycles. The first-order chi connectivity index (χ1) is 8.62. The Morgan fingerprint density at radius 1 is 1.32 bits per heavy atom. The third kappa shape index (κ3) is 4.04. The molecule has 5 nitrogen and oxygen atoms in total. The summed E-state index contributed by atoms with van der Waals surface area (Å²) in [6.45, 7) is 3.70. The van der Waals surface area contributed by atoms with E-state index in [9.17, 15) is 13.2 Å². The van der Waals surface area contributed by atoms with E-state index in [4.69, 9.17) is 10.8 Å². The first-order valence-corrected chi connectivity index (χ1v) is 7.80. The van der Waals surface area contributed by atoms with Crippen LogP contribution in [0.3, 0.4) is 0 Å². The molecule has 0 spiro atoms. The Morgan fingerprint density at radius 2 is 1.84 bits per heavy atom. The molecule has 0 aromatic heterocycles. The number of aryl methyl sites for hydroxylation is 2. The van der Waals surface area contributed by atoms with Crippen LogP contribution in [0.15, 0.2) is 17.0 Å². The Bertz CT molecular complexity index is 593. The Morgan fingerprint density at radius 3 is 2.32 bits per heavy atom. The second-order valence-corrected chi connectivity index (χ2v) is 6.77. The molecule has 1 rings (SSSR count). The van der Waals surface area contributed by atoms with Crippen LogP contribution in [0.5, 0.6) is 0 Å². The van der Waals surface area contributed by atoms with Crippen molar-refractivity contribution in [2.45, 2.75) is 37.6 Å². The highest BCUT2D eigenvalue weighted by Crippen LogP contribution is 2.27. The maximum atomic E-state index is 11.8. The largest absolute Gasteiger partial charge is 0.481 e. The van der Waals surface area contributed by atoms with E-state index in [2.05, 4.69) is 0 Å². The predicted molar refractivity (Wildman–Crippen MR) is 72.8 cm³/mol. The number of sulfone groups is 1. The highest BCUT2D eigenvalue weighted by atomic mass is 32.2. The number of benzene rings is 1. The molecular weight excluding hydrogens is 266 g/mol. The minimum atomic E-state index is -3.38. The minimum absolute atomic E-state index is 0.0860. The van der Waals surface area contributed by atoms with Crippen LogP contribution in [0, 0.1) is 13.8 Å². The Labute approximate surface area is 113 Å². The fourth-order valence-electron chi connectivity index (χ4n) is 1.86. The second-order valence-electron chi connectivity index (χ2n) is 4.79. The number of hydrogen-bond acceptors (Lipinski definition) is 4. The maximum absolute atomic E-state index is 11.8. The predicted octanol–water partition coefficient (Wildman–Crippen LogP) is 1.57. The summed E-state index contributed by atoms with van der Waals surface area (Å²) in [5.41, 5.74) is 8.23. The molecule has 19 heavy (non-hydrogen) atoms. The van der Waals surface area contributed by atoms with Crippen molar-refractivity contribution in [3.05, 3.63) is 28.8 Å². The molecule has 0 bridgehead atoms. The molecule has 0 radical (unpaired) electrons.